The van der Waals surface area contributed by atoms with Crippen LogP contribution in [0.3, 0.4) is 0 Å². The number of carboxylic acids is 1. The van der Waals surface area contributed by atoms with Gasteiger partial charge in [0.1, 0.15) is 12.6 Å². The molecular weight excluding hydrogens is 408 g/mol. The van der Waals surface area contributed by atoms with Crippen LogP contribution in [0.25, 0.3) is 11.1 Å². The summed E-state index contributed by atoms with van der Waals surface area (Å²) in [5, 5.41) is 14.1. The molecule has 1 aliphatic rings. The highest BCUT2D eigenvalue weighted by Gasteiger charge is 2.29. The summed E-state index contributed by atoms with van der Waals surface area (Å²) in [5.41, 5.74) is 4.44. The molecule has 3 rings (SSSR count). The lowest BCUT2D eigenvalue weighted by atomic mass is 9.98. The molecular formula is C25H26N2O5. The Morgan fingerprint density at radius 2 is 1.66 bits per heavy atom. The number of alkyl carbamates (subject to hydrolysis) is 1. The van der Waals surface area contributed by atoms with Crippen LogP contribution in [0.4, 0.5) is 4.79 Å². The first-order valence-electron chi connectivity index (χ1n) is 10.4. The zero-order chi connectivity index (χ0) is 23.1. The fraction of sp³-hybridized carbons (Fsp3) is 0.320. The van der Waals surface area contributed by atoms with E-state index in [0.29, 0.717) is 0 Å². The Morgan fingerprint density at radius 1 is 1.06 bits per heavy atom. The number of benzene rings is 2. The number of aliphatic carboxylic acids is 1. The van der Waals surface area contributed by atoms with Crippen LogP contribution in [0.5, 0.6) is 0 Å². The van der Waals surface area contributed by atoms with Crippen LogP contribution in [0.15, 0.2) is 48.5 Å². The van der Waals surface area contributed by atoms with Crippen LogP contribution >= 0.6 is 0 Å². The third-order valence-corrected chi connectivity index (χ3v) is 5.44. The first-order valence-corrected chi connectivity index (χ1v) is 10.4. The molecule has 0 aliphatic heterocycles. The molecule has 0 bridgehead atoms. The van der Waals surface area contributed by atoms with E-state index in [9.17, 15) is 14.4 Å². The van der Waals surface area contributed by atoms with E-state index >= 15 is 0 Å². The molecule has 166 valence electrons. The minimum Gasteiger partial charge on any atom is -0.481 e. The van der Waals surface area contributed by atoms with Gasteiger partial charge in [0, 0.05) is 18.9 Å². The number of carbonyl (C=O) groups is 3. The number of fused-ring (bicyclic) bond motifs is 3. The van der Waals surface area contributed by atoms with Gasteiger partial charge in [-0.15, -0.1) is 11.8 Å². The lowest BCUT2D eigenvalue weighted by molar-refractivity contribution is -0.141. The van der Waals surface area contributed by atoms with Crippen LogP contribution in [0, 0.1) is 17.8 Å². The van der Waals surface area contributed by atoms with Crippen molar-refractivity contribution in [3.05, 3.63) is 59.7 Å². The third kappa shape index (κ3) is 5.27. The van der Waals surface area contributed by atoms with Gasteiger partial charge in [-0.2, -0.15) is 0 Å². The van der Waals surface area contributed by atoms with Gasteiger partial charge in [0.15, 0.2) is 0 Å². The maximum atomic E-state index is 12.5. The Morgan fingerprint density at radius 3 is 2.22 bits per heavy atom. The van der Waals surface area contributed by atoms with Gasteiger partial charge in [0.25, 0.3) is 0 Å². The fourth-order valence-corrected chi connectivity index (χ4v) is 3.66. The Kier molecular flexibility index (Phi) is 7.50. The van der Waals surface area contributed by atoms with E-state index in [1.807, 2.05) is 36.4 Å². The van der Waals surface area contributed by atoms with Gasteiger partial charge < -0.3 is 20.5 Å². The normalized spacial score (nSPS) is 13.6. The van der Waals surface area contributed by atoms with E-state index in [-0.39, 0.29) is 25.5 Å². The standard InChI is InChI=1S/C25H26N2O5/c1-3-4-13-22(23(28)26-14-16(2)24(29)30)27-25(31)32-15-21-19-11-7-5-9-17(19)18-10-6-8-12-20(18)21/h5-12,16,21-22H,13-15H2,1-2H3,(H,26,28)(H,27,31)(H,29,30). The Hall–Kier alpha value is -3.79. The quantitative estimate of drug-likeness (QED) is 0.554. The maximum absolute atomic E-state index is 12.5. The third-order valence-electron chi connectivity index (χ3n) is 5.44. The molecule has 0 spiro atoms. The van der Waals surface area contributed by atoms with Crippen molar-refractivity contribution in [2.24, 2.45) is 5.92 Å². The molecule has 2 atom stereocenters. The molecule has 7 heteroatoms. The van der Waals surface area contributed by atoms with E-state index < -0.39 is 29.9 Å². The number of hydrogen-bond acceptors (Lipinski definition) is 4. The molecule has 7 nitrogen and oxygen atoms in total. The number of amides is 2. The van der Waals surface area contributed by atoms with Gasteiger partial charge in [0.05, 0.1) is 5.92 Å². The molecule has 2 amide bonds. The molecule has 0 aromatic heterocycles. The summed E-state index contributed by atoms with van der Waals surface area (Å²) < 4.78 is 5.49. The molecule has 0 radical (unpaired) electrons. The average Bonchev–Trinajstić information content (AvgIpc) is 3.12. The maximum Gasteiger partial charge on any atom is 0.407 e. The van der Waals surface area contributed by atoms with E-state index in [1.54, 1.807) is 6.92 Å². The molecule has 0 fully saturated rings. The first kappa shape index (κ1) is 22.9. The summed E-state index contributed by atoms with van der Waals surface area (Å²) in [6.45, 7) is 3.21. The van der Waals surface area contributed by atoms with Crippen LogP contribution in [-0.2, 0) is 14.3 Å². The average molecular weight is 434 g/mol. The summed E-state index contributed by atoms with van der Waals surface area (Å²) in [6, 6.07) is 15.1. The molecule has 0 saturated heterocycles. The first-order chi connectivity index (χ1) is 15.4. The van der Waals surface area contributed by atoms with E-state index in [1.165, 1.54) is 6.92 Å². The predicted octanol–water partition coefficient (Wildman–Crippen LogP) is 3.14. The number of carboxylic acid groups (broad SMARTS) is 1. The van der Waals surface area contributed by atoms with Crippen molar-refractivity contribution in [1.29, 1.82) is 0 Å². The van der Waals surface area contributed by atoms with Gasteiger partial charge in [0.2, 0.25) is 5.91 Å². The van der Waals surface area contributed by atoms with Crippen molar-refractivity contribution in [2.75, 3.05) is 13.2 Å². The van der Waals surface area contributed by atoms with Gasteiger partial charge >= 0.3 is 12.1 Å². The highest BCUT2D eigenvalue weighted by molar-refractivity contribution is 5.86. The molecule has 3 N–H and O–H groups in total. The summed E-state index contributed by atoms with van der Waals surface area (Å²) in [4.78, 5) is 35.9. The number of rotatable bonds is 8. The zero-order valence-electron chi connectivity index (χ0n) is 18.1. The van der Waals surface area contributed by atoms with Crippen molar-refractivity contribution in [2.45, 2.75) is 32.2 Å². The lowest BCUT2D eigenvalue weighted by Gasteiger charge is -2.19. The molecule has 0 heterocycles. The highest BCUT2D eigenvalue weighted by Crippen LogP contribution is 2.44. The summed E-state index contributed by atoms with van der Waals surface area (Å²) in [7, 11) is 0. The van der Waals surface area contributed by atoms with Crippen LogP contribution in [0.1, 0.15) is 37.3 Å². The Labute approximate surface area is 187 Å². The largest absolute Gasteiger partial charge is 0.481 e. The Balaban J connectivity index is 1.63. The highest BCUT2D eigenvalue weighted by atomic mass is 16.5. The number of nitrogens with one attached hydrogen (secondary N) is 2. The lowest BCUT2D eigenvalue weighted by Crippen LogP contribution is -2.48. The van der Waals surface area contributed by atoms with Crippen LogP contribution in [-0.4, -0.2) is 42.3 Å². The second-order valence-electron chi connectivity index (χ2n) is 7.64. The van der Waals surface area contributed by atoms with Crippen molar-refractivity contribution in [1.82, 2.24) is 10.6 Å². The second kappa shape index (κ2) is 10.5. The second-order valence-corrected chi connectivity index (χ2v) is 7.64. The number of ether oxygens (including phenoxy) is 1. The topological polar surface area (TPSA) is 105 Å². The number of carbonyl (C=O) groups excluding carboxylic acids is 2. The minimum atomic E-state index is -1.01. The molecule has 2 aromatic rings. The van der Waals surface area contributed by atoms with E-state index in [2.05, 4.69) is 34.6 Å². The molecule has 2 aromatic carbocycles. The molecule has 2 unspecified atom stereocenters. The summed E-state index contributed by atoms with van der Waals surface area (Å²) in [6.07, 6.45) is -0.634. The SMILES string of the molecule is CC#CCC(NC(=O)OCC1c2ccccc2-c2ccccc21)C(=O)NCC(C)C(=O)O. The van der Waals surface area contributed by atoms with Crippen LogP contribution < -0.4 is 10.6 Å². The van der Waals surface area contributed by atoms with Crippen molar-refractivity contribution in [3.8, 4) is 23.0 Å². The van der Waals surface area contributed by atoms with Crippen molar-refractivity contribution >= 4 is 18.0 Å². The van der Waals surface area contributed by atoms with Gasteiger partial charge in [-0.25, -0.2) is 4.79 Å². The van der Waals surface area contributed by atoms with Gasteiger partial charge in [-0.3, -0.25) is 9.59 Å². The monoisotopic (exact) mass is 434 g/mol. The van der Waals surface area contributed by atoms with E-state index in [0.717, 1.165) is 22.3 Å². The van der Waals surface area contributed by atoms with Crippen molar-refractivity contribution < 1.29 is 24.2 Å². The number of hydrogen-bond donors (Lipinski definition) is 3. The van der Waals surface area contributed by atoms with E-state index in [4.69, 9.17) is 9.84 Å². The summed E-state index contributed by atoms with van der Waals surface area (Å²) in [5.74, 6) is 3.11. The Bertz CT molecular complexity index is 1020. The minimum absolute atomic E-state index is 0.0450. The zero-order valence-corrected chi connectivity index (χ0v) is 18.1. The van der Waals surface area contributed by atoms with Crippen molar-refractivity contribution in [3.63, 3.8) is 0 Å². The molecule has 0 saturated carbocycles. The van der Waals surface area contributed by atoms with Crippen LogP contribution in [0.2, 0.25) is 0 Å². The van der Waals surface area contributed by atoms with Gasteiger partial charge in [-0.1, -0.05) is 55.5 Å². The smallest absolute Gasteiger partial charge is 0.407 e. The predicted molar refractivity (Wildman–Crippen MR) is 120 cm³/mol. The fourth-order valence-electron chi connectivity index (χ4n) is 3.66. The molecule has 32 heavy (non-hydrogen) atoms. The summed E-state index contributed by atoms with van der Waals surface area (Å²) >= 11 is 0. The van der Waals surface area contributed by atoms with Gasteiger partial charge in [-0.05, 0) is 29.2 Å². The molecule has 1 aliphatic carbocycles.